The Morgan fingerprint density at radius 1 is 1.02 bits per heavy atom. The fourth-order valence-electron chi connectivity index (χ4n) is 4.88. The van der Waals surface area contributed by atoms with E-state index in [0.717, 1.165) is 4.90 Å². The van der Waals surface area contributed by atoms with Gasteiger partial charge < -0.3 is 19.9 Å². The van der Waals surface area contributed by atoms with Gasteiger partial charge in [0.1, 0.15) is 5.75 Å². The Bertz CT molecular complexity index is 1370. The molecule has 1 aromatic heterocycles. The lowest BCUT2D eigenvalue weighted by Crippen LogP contribution is -2.54. The number of methoxy groups -OCH3 is 1. The van der Waals surface area contributed by atoms with Crippen LogP contribution in [0, 0.1) is 0 Å². The number of hydrogen-bond acceptors (Lipinski definition) is 6. The molecular weight excluding hydrogens is 552 g/mol. The minimum atomic E-state index is -5.00. The number of nitrogens with zero attached hydrogens (tertiary/aromatic N) is 4. The largest absolute Gasteiger partial charge is 0.496 e. The number of amides is 1. The van der Waals surface area contributed by atoms with Gasteiger partial charge in [-0.05, 0) is 49.7 Å². The molecule has 41 heavy (non-hydrogen) atoms. The molecule has 220 valence electrons. The van der Waals surface area contributed by atoms with Gasteiger partial charge in [0.25, 0.3) is 5.91 Å². The summed E-state index contributed by atoms with van der Waals surface area (Å²) in [5, 5.41) is 3.42. The highest BCUT2D eigenvalue weighted by molar-refractivity contribution is 6.00. The first-order valence-electron chi connectivity index (χ1n) is 12.7. The van der Waals surface area contributed by atoms with Crippen LogP contribution in [-0.4, -0.2) is 60.1 Å². The van der Waals surface area contributed by atoms with Crippen LogP contribution in [-0.2, 0) is 18.9 Å². The zero-order chi connectivity index (χ0) is 30.1. The molecule has 2 atom stereocenters. The normalized spacial score (nSPS) is 17.9. The molecule has 13 heteroatoms. The fraction of sp³-hybridized carbons (Fsp3) is 0.393. The zero-order valence-electron chi connectivity index (χ0n) is 22.8. The van der Waals surface area contributed by atoms with Crippen LogP contribution in [0.5, 0.6) is 5.75 Å². The van der Waals surface area contributed by atoms with Gasteiger partial charge in [-0.1, -0.05) is 12.1 Å². The van der Waals surface area contributed by atoms with Crippen molar-refractivity contribution in [3.8, 4) is 17.0 Å². The van der Waals surface area contributed by atoms with E-state index in [-0.39, 0.29) is 35.0 Å². The predicted octanol–water partition coefficient (Wildman–Crippen LogP) is 5.65. The number of carbonyl (C=O) groups is 1. The maximum Gasteiger partial charge on any atom is 0.416 e. The molecule has 0 aliphatic carbocycles. The average molecular weight is 582 g/mol. The number of hydrogen-bond donors (Lipinski definition) is 1. The van der Waals surface area contributed by atoms with E-state index in [2.05, 4.69) is 10.3 Å². The molecule has 1 aliphatic rings. The summed E-state index contributed by atoms with van der Waals surface area (Å²) >= 11 is 0. The van der Waals surface area contributed by atoms with Gasteiger partial charge in [0.2, 0.25) is 5.95 Å². The standard InChI is InChI=1S/C28H29F6N5O2/c1-16-13-39(14-17(2)36-16)26-35-12-22(24(37-26)21-7-5-6-8-23(21)41-4)25(40)38(3)15-18-9-19(27(29,30)31)11-20(10-18)28(32,33)34/h5-12,16-17,36H,13-15H2,1-4H3/t16-,17+. The molecule has 7 nitrogen and oxygen atoms in total. The van der Waals surface area contributed by atoms with Crippen molar-refractivity contribution < 1.29 is 35.9 Å². The number of nitrogens with one attached hydrogen (secondary N) is 1. The van der Waals surface area contributed by atoms with E-state index in [1.807, 2.05) is 18.7 Å². The van der Waals surface area contributed by atoms with E-state index < -0.39 is 35.9 Å². The lowest BCUT2D eigenvalue weighted by molar-refractivity contribution is -0.143. The van der Waals surface area contributed by atoms with Crippen LogP contribution >= 0.6 is 0 Å². The van der Waals surface area contributed by atoms with Crippen molar-refractivity contribution in [2.75, 3.05) is 32.1 Å². The third kappa shape index (κ3) is 6.89. The van der Waals surface area contributed by atoms with E-state index in [1.165, 1.54) is 20.4 Å². The molecule has 1 amide bonds. The van der Waals surface area contributed by atoms with Gasteiger partial charge >= 0.3 is 12.4 Å². The molecule has 1 saturated heterocycles. The first-order chi connectivity index (χ1) is 19.2. The first-order valence-corrected chi connectivity index (χ1v) is 12.7. The molecule has 0 saturated carbocycles. The van der Waals surface area contributed by atoms with Crippen molar-refractivity contribution in [2.45, 2.75) is 44.8 Å². The number of alkyl halides is 6. The number of halogens is 6. The first kappa shape index (κ1) is 30.1. The number of anilines is 1. The van der Waals surface area contributed by atoms with Crippen LogP contribution in [0.4, 0.5) is 32.3 Å². The third-order valence-corrected chi connectivity index (χ3v) is 6.62. The predicted molar refractivity (Wildman–Crippen MR) is 141 cm³/mol. The minimum absolute atomic E-state index is 0.0139. The molecule has 1 N–H and O–H groups in total. The van der Waals surface area contributed by atoms with E-state index >= 15 is 0 Å². The second-order valence-corrected chi connectivity index (χ2v) is 10.1. The van der Waals surface area contributed by atoms with Gasteiger partial charge in [-0.3, -0.25) is 4.79 Å². The second kappa shape index (κ2) is 11.6. The van der Waals surface area contributed by atoms with Gasteiger partial charge in [0, 0.05) is 50.5 Å². The van der Waals surface area contributed by atoms with Crippen molar-refractivity contribution in [3.05, 3.63) is 70.9 Å². The van der Waals surface area contributed by atoms with Crippen LogP contribution in [0.15, 0.2) is 48.7 Å². The summed E-state index contributed by atoms with van der Waals surface area (Å²) in [5.41, 5.74) is -2.52. The quantitative estimate of drug-likeness (QED) is 0.380. The summed E-state index contributed by atoms with van der Waals surface area (Å²) in [6, 6.07) is 8.42. The maximum absolute atomic E-state index is 13.6. The summed E-state index contributed by atoms with van der Waals surface area (Å²) in [7, 11) is 2.75. The maximum atomic E-state index is 13.6. The highest BCUT2D eigenvalue weighted by atomic mass is 19.4. The van der Waals surface area contributed by atoms with Crippen LogP contribution in [0.25, 0.3) is 11.3 Å². The molecule has 0 unspecified atom stereocenters. The third-order valence-electron chi connectivity index (χ3n) is 6.62. The Balaban J connectivity index is 1.74. The number of piperazine rings is 1. The Labute approximate surface area is 233 Å². The molecule has 0 spiro atoms. The van der Waals surface area contributed by atoms with Crippen LogP contribution in [0.3, 0.4) is 0 Å². The summed E-state index contributed by atoms with van der Waals surface area (Å²) in [6.45, 7) is 4.75. The summed E-state index contributed by atoms with van der Waals surface area (Å²) in [6.07, 6.45) is -8.68. The topological polar surface area (TPSA) is 70.6 Å². The molecule has 1 fully saturated rings. The Hall–Kier alpha value is -3.87. The minimum Gasteiger partial charge on any atom is -0.496 e. The molecule has 1 aliphatic heterocycles. The monoisotopic (exact) mass is 581 g/mol. The average Bonchev–Trinajstić information content (AvgIpc) is 2.90. The van der Waals surface area contributed by atoms with Gasteiger partial charge in [0.15, 0.2) is 0 Å². The lowest BCUT2D eigenvalue weighted by Gasteiger charge is -2.36. The Morgan fingerprint density at radius 2 is 1.61 bits per heavy atom. The Morgan fingerprint density at radius 3 is 2.17 bits per heavy atom. The highest BCUT2D eigenvalue weighted by Crippen LogP contribution is 2.37. The lowest BCUT2D eigenvalue weighted by atomic mass is 10.0. The zero-order valence-corrected chi connectivity index (χ0v) is 22.8. The van der Waals surface area contributed by atoms with Crippen LogP contribution < -0.4 is 15.0 Å². The number of carbonyl (C=O) groups excluding carboxylic acids is 1. The molecule has 3 aromatic rings. The SMILES string of the molecule is COc1ccccc1-c1nc(N2C[C@@H](C)N[C@@H](C)C2)ncc1C(=O)N(C)Cc1cc(C(F)(F)F)cc(C(F)(F)F)c1. The van der Waals surface area contributed by atoms with Gasteiger partial charge in [-0.2, -0.15) is 26.3 Å². The summed E-state index contributed by atoms with van der Waals surface area (Å²) < 4.78 is 85.7. The number of ether oxygens (including phenoxy) is 1. The summed E-state index contributed by atoms with van der Waals surface area (Å²) in [4.78, 5) is 25.8. The van der Waals surface area contributed by atoms with E-state index in [9.17, 15) is 31.1 Å². The molecule has 4 rings (SSSR count). The van der Waals surface area contributed by atoms with Crippen LogP contribution in [0.2, 0.25) is 0 Å². The van der Waals surface area contributed by atoms with Crippen molar-refractivity contribution in [2.24, 2.45) is 0 Å². The van der Waals surface area contributed by atoms with Crippen molar-refractivity contribution >= 4 is 11.9 Å². The van der Waals surface area contributed by atoms with E-state index in [0.29, 0.717) is 42.5 Å². The van der Waals surface area contributed by atoms with E-state index in [1.54, 1.807) is 24.3 Å². The van der Waals surface area contributed by atoms with Crippen molar-refractivity contribution in [1.29, 1.82) is 0 Å². The Kier molecular flexibility index (Phi) is 8.48. The summed E-state index contributed by atoms with van der Waals surface area (Å²) in [5.74, 6) is 0.104. The molecule has 2 aromatic carbocycles. The smallest absolute Gasteiger partial charge is 0.416 e. The number of aromatic nitrogens is 2. The molecular formula is C28H29F6N5O2. The van der Waals surface area contributed by atoms with Gasteiger partial charge in [0.05, 0.1) is 29.5 Å². The van der Waals surface area contributed by atoms with Crippen molar-refractivity contribution in [1.82, 2.24) is 20.2 Å². The number of benzene rings is 2. The van der Waals surface area contributed by atoms with E-state index in [4.69, 9.17) is 9.72 Å². The van der Waals surface area contributed by atoms with Crippen molar-refractivity contribution in [3.63, 3.8) is 0 Å². The molecule has 0 radical (unpaired) electrons. The molecule has 2 heterocycles. The number of para-hydroxylation sites is 1. The number of rotatable bonds is 6. The van der Waals surface area contributed by atoms with Crippen LogP contribution in [0.1, 0.15) is 40.9 Å². The second-order valence-electron chi connectivity index (χ2n) is 10.1. The van der Waals surface area contributed by atoms with Gasteiger partial charge in [-0.15, -0.1) is 0 Å². The molecule has 0 bridgehead atoms. The van der Waals surface area contributed by atoms with Gasteiger partial charge in [-0.25, -0.2) is 9.97 Å². The highest BCUT2D eigenvalue weighted by Gasteiger charge is 2.37. The fourth-order valence-corrected chi connectivity index (χ4v) is 4.88.